The average Bonchev–Trinajstić information content (AvgIpc) is 2.97. The van der Waals surface area contributed by atoms with Crippen LogP contribution >= 0.6 is 0 Å². The van der Waals surface area contributed by atoms with Gasteiger partial charge in [-0.2, -0.15) is 0 Å². The lowest BCUT2D eigenvalue weighted by Gasteiger charge is -2.57. The molecule has 2 saturated heterocycles. The molecule has 28 heavy (non-hydrogen) atoms. The molecular formula is C24H37N3O. The highest BCUT2D eigenvalue weighted by Gasteiger charge is 2.63. The molecule has 0 N–H and O–H groups in total. The number of hydrogen-bond donors (Lipinski definition) is 0. The van der Waals surface area contributed by atoms with Crippen molar-refractivity contribution < 1.29 is 4.79 Å². The van der Waals surface area contributed by atoms with E-state index in [0.717, 1.165) is 45.6 Å². The van der Waals surface area contributed by atoms with Crippen molar-refractivity contribution in [3.05, 3.63) is 35.9 Å². The highest BCUT2D eigenvalue weighted by Crippen LogP contribution is 2.62. The van der Waals surface area contributed by atoms with Gasteiger partial charge in [0, 0.05) is 25.0 Å². The molecule has 0 aromatic heterocycles. The highest BCUT2D eigenvalue weighted by atomic mass is 16.2. The van der Waals surface area contributed by atoms with Gasteiger partial charge in [0.05, 0.1) is 6.54 Å². The summed E-state index contributed by atoms with van der Waals surface area (Å²) in [4.78, 5) is 20.0. The molecule has 0 bridgehead atoms. The first-order chi connectivity index (χ1) is 13.3. The van der Waals surface area contributed by atoms with E-state index in [9.17, 15) is 4.79 Å². The molecule has 4 heteroatoms. The fraction of sp³-hybridized carbons (Fsp3) is 0.708. The van der Waals surface area contributed by atoms with Gasteiger partial charge in [-0.3, -0.25) is 9.69 Å². The van der Waals surface area contributed by atoms with Crippen LogP contribution in [0.2, 0.25) is 0 Å². The molecule has 2 atom stereocenters. The number of benzene rings is 1. The predicted molar refractivity (Wildman–Crippen MR) is 114 cm³/mol. The van der Waals surface area contributed by atoms with E-state index in [1.54, 1.807) is 0 Å². The van der Waals surface area contributed by atoms with Crippen LogP contribution in [0.1, 0.15) is 44.6 Å². The van der Waals surface area contributed by atoms with Crippen LogP contribution in [0.4, 0.5) is 0 Å². The normalized spacial score (nSPS) is 30.3. The zero-order valence-electron chi connectivity index (χ0n) is 18.2. The third kappa shape index (κ3) is 3.73. The number of amides is 1. The van der Waals surface area contributed by atoms with Crippen LogP contribution in [-0.4, -0.2) is 74.0 Å². The van der Waals surface area contributed by atoms with Gasteiger partial charge in [0.15, 0.2) is 0 Å². The van der Waals surface area contributed by atoms with E-state index < -0.39 is 0 Å². The second-order valence-electron chi connectivity index (χ2n) is 10.6. The summed E-state index contributed by atoms with van der Waals surface area (Å²) in [6.07, 6.45) is 3.57. The minimum atomic E-state index is 0.322. The molecule has 1 aliphatic carbocycles. The maximum atomic E-state index is 13.1. The summed E-state index contributed by atoms with van der Waals surface area (Å²) in [5.74, 6) is 1.65. The van der Waals surface area contributed by atoms with Gasteiger partial charge in [-0.05, 0) is 69.3 Å². The first-order valence-electron chi connectivity index (χ1n) is 11.0. The van der Waals surface area contributed by atoms with Gasteiger partial charge in [0.25, 0.3) is 0 Å². The maximum absolute atomic E-state index is 13.1. The minimum absolute atomic E-state index is 0.322. The lowest BCUT2D eigenvalue weighted by atomic mass is 9.48. The Hall–Kier alpha value is -1.39. The predicted octanol–water partition coefficient (Wildman–Crippen LogP) is 3.30. The van der Waals surface area contributed by atoms with Gasteiger partial charge < -0.3 is 9.80 Å². The summed E-state index contributed by atoms with van der Waals surface area (Å²) in [6, 6.07) is 10.9. The van der Waals surface area contributed by atoms with Crippen molar-refractivity contribution in [1.82, 2.24) is 14.7 Å². The van der Waals surface area contributed by atoms with Gasteiger partial charge >= 0.3 is 0 Å². The molecule has 1 aromatic carbocycles. The molecule has 154 valence electrons. The van der Waals surface area contributed by atoms with E-state index in [2.05, 4.69) is 73.0 Å². The highest BCUT2D eigenvalue weighted by molar-refractivity contribution is 5.79. The van der Waals surface area contributed by atoms with Crippen LogP contribution in [0.3, 0.4) is 0 Å². The third-order valence-electron chi connectivity index (χ3n) is 7.60. The van der Waals surface area contributed by atoms with Crippen LogP contribution in [0.25, 0.3) is 0 Å². The van der Waals surface area contributed by atoms with Crippen molar-refractivity contribution in [2.45, 2.75) is 39.0 Å². The van der Waals surface area contributed by atoms with Gasteiger partial charge in [-0.15, -0.1) is 0 Å². The van der Waals surface area contributed by atoms with E-state index in [-0.39, 0.29) is 0 Å². The van der Waals surface area contributed by atoms with Gasteiger partial charge in [-0.25, -0.2) is 0 Å². The van der Waals surface area contributed by atoms with Crippen molar-refractivity contribution in [2.75, 3.05) is 53.4 Å². The van der Waals surface area contributed by atoms with E-state index in [0.29, 0.717) is 35.1 Å². The summed E-state index contributed by atoms with van der Waals surface area (Å²) < 4.78 is 0. The van der Waals surface area contributed by atoms with Crippen molar-refractivity contribution in [3.8, 4) is 0 Å². The third-order valence-corrected chi connectivity index (χ3v) is 7.60. The summed E-state index contributed by atoms with van der Waals surface area (Å²) in [5.41, 5.74) is 2.15. The number of rotatable bonds is 5. The Morgan fingerprint density at radius 1 is 1.14 bits per heavy atom. The number of nitrogens with zero attached hydrogens (tertiary/aromatic N) is 3. The quantitative estimate of drug-likeness (QED) is 0.781. The lowest BCUT2D eigenvalue weighted by Crippen LogP contribution is -2.57. The van der Waals surface area contributed by atoms with Crippen LogP contribution in [0.15, 0.2) is 30.3 Å². The molecule has 3 fully saturated rings. The number of carbonyl (C=O) groups is 1. The molecule has 0 spiro atoms. The van der Waals surface area contributed by atoms with E-state index >= 15 is 0 Å². The maximum Gasteiger partial charge on any atom is 0.236 e. The second-order valence-corrected chi connectivity index (χ2v) is 10.6. The van der Waals surface area contributed by atoms with Crippen molar-refractivity contribution in [2.24, 2.45) is 16.7 Å². The largest absolute Gasteiger partial charge is 0.341 e. The number of likely N-dealkylation sites (tertiary alicyclic amines) is 2. The fourth-order valence-electron chi connectivity index (χ4n) is 6.60. The van der Waals surface area contributed by atoms with Crippen molar-refractivity contribution in [3.63, 3.8) is 0 Å². The molecular weight excluding hydrogens is 346 g/mol. The minimum Gasteiger partial charge on any atom is -0.341 e. The van der Waals surface area contributed by atoms with E-state index in [1.165, 1.54) is 12.0 Å². The average molecular weight is 384 g/mol. The van der Waals surface area contributed by atoms with Crippen LogP contribution in [0, 0.1) is 16.7 Å². The van der Waals surface area contributed by atoms with E-state index in [1.807, 2.05) is 0 Å². The molecule has 3 aliphatic rings. The lowest BCUT2D eigenvalue weighted by molar-refractivity contribution is -0.132. The van der Waals surface area contributed by atoms with Crippen molar-refractivity contribution >= 4 is 5.91 Å². The Morgan fingerprint density at radius 3 is 2.43 bits per heavy atom. The Morgan fingerprint density at radius 2 is 1.82 bits per heavy atom. The molecule has 2 aliphatic heterocycles. The Labute approximate surface area is 170 Å². The summed E-state index contributed by atoms with van der Waals surface area (Å²) >= 11 is 0. The van der Waals surface area contributed by atoms with Crippen LogP contribution in [0.5, 0.6) is 0 Å². The monoisotopic (exact) mass is 383 g/mol. The van der Waals surface area contributed by atoms with Crippen LogP contribution in [-0.2, 0) is 4.79 Å². The number of piperidine rings is 1. The standard InChI is InChI=1S/C24H37N3O/c1-23(2)16-24(17-25(3)4)18-27(14-21(23)24)22(28)15-26-12-10-20(11-13-26)19-8-6-5-7-9-19/h5-9,20-21H,10-18H2,1-4H3/t21-,24+/m1/s1. The van der Waals surface area contributed by atoms with Gasteiger partial charge in [-0.1, -0.05) is 44.2 Å². The van der Waals surface area contributed by atoms with Crippen molar-refractivity contribution in [1.29, 1.82) is 0 Å². The molecule has 1 aromatic rings. The molecule has 2 heterocycles. The summed E-state index contributed by atoms with van der Waals surface area (Å²) in [5, 5.41) is 0. The number of fused-ring (bicyclic) bond motifs is 1. The first kappa shape index (κ1) is 19.9. The van der Waals surface area contributed by atoms with Gasteiger partial charge in [0.1, 0.15) is 0 Å². The Balaban J connectivity index is 1.31. The van der Waals surface area contributed by atoms with E-state index in [4.69, 9.17) is 0 Å². The Bertz CT molecular complexity index is 689. The molecule has 1 amide bonds. The second kappa shape index (κ2) is 7.46. The molecule has 0 unspecified atom stereocenters. The smallest absolute Gasteiger partial charge is 0.236 e. The summed E-state index contributed by atoms with van der Waals surface area (Å²) in [6.45, 7) is 10.5. The zero-order chi connectivity index (χ0) is 19.9. The Kier molecular flexibility index (Phi) is 5.30. The first-order valence-corrected chi connectivity index (χ1v) is 11.0. The summed E-state index contributed by atoms with van der Waals surface area (Å²) in [7, 11) is 4.33. The molecule has 1 saturated carbocycles. The SMILES string of the molecule is CN(C)C[C@@]12CN(C(=O)CN3CCC(c4ccccc4)CC3)C[C@@H]1C(C)(C)C2. The number of hydrogen-bond acceptors (Lipinski definition) is 3. The van der Waals surface area contributed by atoms with Crippen LogP contribution < -0.4 is 0 Å². The molecule has 4 nitrogen and oxygen atoms in total. The molecule has 0 radical (unpaired) electrons. The molecule has 4 rings (SSSR count). The number of carbonyl (C=O) groups excluding carboxylic acids is 1. The topological polar surface area (TPSA) is 26.8 Å². The zero-order valence-corrected chi connectivity index (χ0v) is 18.2. The van der Waals surface area contributed by atoms with Gasteiger partial charge in [0.2, 0.25) is 5.91 Å². The fourth-order valence-corrected chi connectivity index (χ4v) is 6.60.